The van der Waals surface area contributed by atoms with Gasteiger partial charge in [-0.2, -0.15) is 0 Å². The summed E-state index contributed by atoms with van der Waals surface area (Å²) in [6.45, 7) is 0. The van der Waals surface area contributed by atoms with E-state index in [1.807, 2.05) is 54.6 Å². The summed E-state index contributed by atoms with van der Waals surface area (Å²) >= 11 is 0. The van der Waals surface area contributed by atoms with Crippen LogP contribution in [0.1, 0.15) is 17.5 Å². The molecular weight excluding hydrogens is 384 g/mol. The molecule has 0 aliphatic heterocycles. The molecule has 6 aromatic rings. The Labute approximate surface area is 178 Å². The number of nitrogens with one attached hydrogen (secondary N) is 3. The van der Waals surface area contributed by atoms with E-state index in [0.29, 0.717) is 5.92 Å². The third-order valence-corrected chi connectivity index (χ3v) is 5.76. The lowest BCUT2D eigenvalue weighted by Gasteiger charge is -2.13. The number of aromatic nitrogens is 6. The van der Waals surface area contributed by atoms with E-state index in [1.165, 1.54) is 0 Å². The van der Waals surface area contributed by atoms with E-state index >= 15 is 0 Å². The van der Waals surface area contributed by atoms with Crippen molar-refractivity contribution in [2.75, 3.05) is 0 Å². The molecule has 0 atom stereocenters. The third kappa shape index (κ3) is 3.57. The first-order valence-corrected chi connectivity index (χ1v) is 10.6. The average molecular weight is 406 g/mol. The smallest absolute Gasteiger partial charge is 0.107 e. The van der Waals surface area contributed by atoms with Crippen molar-refractivity contribution in [1.82, 2.24) is 29.9 Å². The van der Waals surface area contributed by atoms with Gasteiger partial charge in [-0.05, 0) is 42.3 Å². The molecule has 6 rings (SSSR count). The molecule has 31 heavy (non-hydrogen) atoms. The molecule has 3 aromatic carbocycles. The largest absolute Gasteiger partial charge is 0.342 e. The van der Waals surface area contributed by atoms with Gasteiger partial charge >= 0.3 is 0 Å². The summed E-state index contributed by atoms with van der Waals surface area (Å²) in [5, 5.41) is 0. The molecule has 0 saturated heterocycles. The van der Waals surface area contributed by atoms with Gasteiger partial charge in [-0.15, -0.1) is 0 Å². The highest BCUT2D eigenvalue weighted by molar-refractivity contribution is 5.76. The molecule has 0 amide bonds. The molecule has 6 heteroatoms. The third-order valence-electron chi connectivity index (χ3n) is 5.76. The lowest BCUT2D eigenvalue weighted by atomic mass is 9.96. The fraction of sp³-hybridized carbons (Fsp3) is 0.160. The SMILES string of the molecule is c1ccc2[nH]c(CC(Cc3nc4ccccc4[nH]3)Cc3nc4ccccc4[nH]3)nc2c1. The second-order valence-corrected chi connectivity index (χ2v) is 8.08. The lowest BCUT2D eigenvalue weighted by Crippen LogP contribution is -2.14. The minimum atomic E-state index is 0.293. The second kappa shape index (κ2) is 7.40. The van der Waals surface area contributed by atoms with E-state index in [-0.39, 0.29) is 0 Å². The van der Waals surface area contributed by atoms with E-state index in [1.54, 1.807) is 0 Å². The van der Waals surface area contributed by atoms with Gasteiger partial charge in [-0.3, -0.25) is 0 Å². The number of aromatic amines is 3. The molecule has 0 fully saturated rings. The van der Waals surface area contributed by atoms with E-state index in [2.05, 4.69) is 33.2 Å². The van der Waals surface area contributed by atoms with Crippen LogP contribution >= 0.6 is 0 Å². The molecule has 6 nitrogen and oxygen atoms in total. The Kier molecular flexibility index (Phi) is 4.27. The van der Waals surface area contributed by atoms with Crippen molar-refractivity contribution in [1.29, 1.82) is 0 Å². The highest BCUT2D eigenvalue weighted by Gasteiger charge is 2.18. The summed E-state index contributed by atoms with van der Waals surface area (Å²) in [7, 11) is 0. The number of fused-ring (bicyclic) bond motifs is 3. The van der Waals surface area contributed by atoms with Crippen molar-refractivity contribution in [3.63, 3.8) is 0 Å². The second-order valence-electron chi connectivity index (χ2n) is 8.08. The van der Waals surface area contributed by atoms with Crippen molar-refractivity contribution >= 4 is 33.1 Å². The van der Waals surface area contributed by atoms with Crippen molar-refractivity contribution in [2.24, 2.45) is 5.92 Å². The van der Waals surface area contributed by atoms with Gasteiger partial charge in [0, 0.05) is 19.3 Å². The van der Waals surface area contributed by atoms with Gasteiger partial charge in [0.1, 0.15) is 17.5 Å². The summed E-state index contributed by atoms with van der Waals surface area (Å²) in [5.74, 6) is 3.29. The lowest BCUT2D eigenvalue weighted by molar-refractivity contribution is 0.488. The molecule has 0 aliphatic rings. The molecule has 0 bridgehead atoms. The van der Waals surface area contributed by atoms with Gasteiger partial charge < -0.3 is 15.0 Å². The van der Waals surface area contributed by atoms with Gasteiger partial charge in [0.15, 0.2) is 0 Å². The molecule has 3 heterocycles. The van der Waals surface area contributed by atoms with Gasteiger partial charge in [0.05, 0.1) is 33.1 Å². The van der Waals surface area contributed by atoms with Crippen LogP contribution in [0.4, 0.5) is 0 Å². The molecule has 0 unspecified atom stereocenters. The highest BCUT2D eigenvalue weighted by atomic mass is 14.9. The number of nitrogens with zero attached hydrogens (tertiary/aromatic N) is 3. The monoisotopic (exact) mass is 406 g/mol. The van der Waals surface area contributed by atoms with E-state index in [0.717, 1.165) is 69.8 Å². The predicted octanol–water partition coefficient (Wildman–Crippen LogP) is 4.96. The minimum absolute atomic E-state index is 0.293. The predicted molar refractivity (Wildman–Crippen MR) is 123 cm³/mol. The Bertz CT molecular complexity index is 1210. The van der Waals surface area contributed by atoms with Crippen LogP contribution in [-0.4, -0.2) is 29.9 Å². The van der Waals surface area contributed by atoms with Crippen molar-refractivity contribution in [2.45, 2.75) is 19.3 Å². The number of hydrogen-bond donors (Lipinski definition) is 3. The zero-order chi connectivity index (χ0) is 20.6. The number of imidazole rings is 3. The van der Waals surface area contributed by atoms with E-state index in [4.69, 9.17) is 15.0 Å². The minimum Gasteiger partial charge on any atom is -0.342 e. The Morgan fingerprint density at radius 1 is 0.484 bits per heavy atom. The summed E-state index contributed by atoms with van der Waals surface area (Å²) in [6.07, 6.45) is 2.47. The maximum Gasteiger partial charge on any atom is 0.107 e. The van der Waals surface area contributed by atoms with Crippen LogP contribution in [0, 0.1) is 5.92 Å². The Balaban J connectivity index is 1.32. The van der Waals surface area contributed by atoms with Crippen LogP contribution in [0.2, 0.25) is 0 Å². The number of para-hydroxylation sites is 6. The van der Waals surface area contributed by atoms with Crippen LogP contribution in [0.5, 0.6) is 0 Å². The molecule has 0 aliphatic carbocycles. The Morgan fingerprint density at radius 3 is 1.13 bits per heavy atom. The summed E-state index contributed by atoms with van der Waals surface area (Å²) < 4.78 is 0. The van der Waals surface area contributed by atoms with Gasteiger partial charge in [-0.25, -0.2) is 15.0 Å². The molecule has 3 N–H and O–H groups in total. The van der Waals surface area contributed by atoms with Crippen LogP contribution in [0.15, 0.2) is 72.8 Å². The van der Waals surface area contributed by atoms with Gasteiger partial charge in [0.2, 0.25) is 0 Å². The first-order chi connectivity index (χ1) is 15.3. The molecule has 0 saturated carbocycles. The van der Waals surface area contributed by atoms with Crippen molar-refractivity contribution < 1.29 is 0 Å². The maximum absolute atomic E-state index is 4.80. The number of hydrogen-bond acceptors (Lipinski definition) is 3. The van der Waals surface area contributed by atoms with Crippen LogP contribution < -0.4 is 0 Å². The Morgan fingerprint density at radius 2 is 0.806 bits per heavy atom. The van der Waals surface area contributed by atoms with Gasteiger partial charge in [-0.1, -0.05) is 36.4 Å². The van der Waals surface area contributed by atoms with Crippen LogP contribution in [0.25, 0.3) is 33.1 Å². The fourth-order valence-corrected chi connectivity index (χ4v) is 4.34. The summed E-state index contributed by atoms with van der Waals surface area (Å²) in [5.41, 5.74) is 6.23. The molecule has 0 spiro atoms. The van der Waals surface area contributed by atoms with E-state index < -0.39 is 0 Å². The standard InChI is InChI=1S/C25H22N6/c1-2-8-18-17(7-1)26-23(27-18)13-16(14-24-28-19-9-3-4-10-20(19)29-24)15-25-30-21-11-5-6-12-22(21)31-25/h1-12,16H,13-15H2,(H,26,27)(H,28,29)(H,30,31). The highest BCUT2D eigenvalue weighted by Crippen LogP contribution is 2.21. The Hall–Kier alpha value is -3.93. The molecule has 152 valence electrons. The fourth-order valence-electron chi connectivity index (χ4n) is 4.34. The zero-order valence-electron chi connectivity index (χ0n) is 17.0. The normalized spacial score (nSPS) is 11.9. The first-order valence-electron chi connectivity index (χ1n) is 10.6. The topological polar surface area (TPSA) is 86.0 Å². The summed E-state index contributed by atoms with van der Waals surface area (Å²) in [4.78, 5) is 24.8. The zero-order valence-corrected chi connectivity index (χ0v) is 17.0. The van der Waals surface area contributed by atoms with Crippen molar-refractivity contribution in [3.05, 3.63) is 90.3 Å². The molecule has 0 radical (unpaired) electrons. The summed E-state index contributed by atoms with van der Waals surface area (Å²) in [6, 6.07) is 24.5. The number of rotatable bonds is 6. The van der Waals surface area contributed by atoms with Crippen LogP contribution in [-0.2, 0) is 19.3 Å². The van der Waals surface area contributed by atoms with Crippen molar-refractivity contribution in [3.8, 4) is 0 Å². The number of H-pyrrole nitrogens is 3. The maximum atomic E-state index is 4.80. The first kappa shape index (κ1) is 17.9. The molecule has 3 aromatic heterocycles. The molecular formula is C25H22N6. The number of benzene rings is 3. The quantitative estimate of drug-likeness (QED) is 0.365. The van der Waals surface area contributed by atoms with E-state index in [9.17, 15) is 0 Å². The van der Waals surface area contributed by atoms with Crippen LogP contribution in [0.3, 0.4) is 0 Å². The van der Waals surface area contributed by atoms with Gasteiger partial charge in [0.25, 0.3) is 0 Å². The average Bonchev–Trinajstić information content (AvgIpc) is 3.48.